The molecule has 0 aromatic rings. The van der Waals surface area contributed by atoms with E-state index >= 15 is 0 Å². The Morgan fingerprint density at radius 1 is 1.11 bits per heavy atom. The Morgan fingerprint density at radius 2 is 1.63 bits per heavy atom. The van der Waals surface area contributed by atoms with Gasteiger partial charge in [-0.25, -0.2) is 0 Å². The summed E-state index contributed by atoms with van der Waals surface area (Å²) < 4.78 is 5.09. The zero-order valence-electron chi connectivity index (χ0n) is 12.7. The molecule has 1 aliphatic rings. The predicted octanol–water partition coefficient (Wildman–Crippen LogP) is 2.61. The van der Waals surface area contributed by atoms with Crippen molar-refractivity contribution in [2.45, 2.75) is 53.4 Å². The van der Waals surface area contributed by atoms with Crippen molar-refractivity contribution < 1.29 is 14.3 Å². The second-order valence-electron chi connectivity index (χ2n) is 6.29. The number of hydrogen-bond donors (Lipinski definition) is 0. The van der Waals surface area contributed by atoms with E-state index in [4.69, 9.17) is 4.74 Å². The number of carbonyl (C=O) groups is 2. The summed E-state index contributed by atoms with van der Waals surface area (Å²) in [4.78, 5) is 26.6. The second-order valence-corrected chi connectivity index (χ2v) is 6.29. The Morgan fingerprint density at radius 3 is 2.05 bits per heavy atom. The SMILES string of the molecule is CCOC(=O)C(C(=O)N1CCCCCC1)C(C)(C)C. The molecule has 1 heterocycles. The quantitative estimate of drug-likeness (QED) is 0.584. The molecule has 0 aromatic carbocycles. The molecule has 0 spiro atoms. The molecular formula is C15H27NO3. The fourth-order valence-electron chi connectivity index (χ4n) is 2.52. The summed E-state index contributed by atoms with van der Waals surface area (Å²) in [5.41, 5.74) is -0.407. The minimum atomic E-state index is -0.689. The van der Waals surface area contributed by atoms with Crippen molar-refractivity contribution in [2.24, 2.45) is 11.3 Å². The number of nitrogens with zero attached hydrogens (tertiary/aromatic N) is 1. The van der Waals surface area contributed by atoms with Gasteiger partial charge in [0.1, 0.15) is 5.92 Å². The van der Waals surface area contributed by atoms with Gasteiger partial charge in [-0.3, -0.25) is 9.59 Å². The molecular weight excluding hydrogens is 242 g/mol. The van der Waals surface area contributed by atoms with Crippen molar-refractivity contribution in [3.8, 4) is 0 Å². The van der Waals surface area contributed by atoms with Crippen molar-refractivity contribution in [2.75, 3.05) is 19.7 Å². The molecule has 1 aliphatic heterocycles. The molecule has 0 aliphatic carbocycles. The molecule has 4 heteroatoms. The van der Waals surface area contributed by atoms with E-state index in [0.29, 0.717) is 6.61 Å². The first kappa shape index (κ1) is 16.0. The summed E-state index contributed by atoms with van der Waals surface area (Å²) in [7, 11) is 0. The van der Waals surface area contributed by atoms with E-state index in [2.05, 4.69) is 0 Å². The van der Waals surface area contributed by atoms with Gasteiger partial charge in [0.2, 0.25) is 5.91 Å². The first-order valence-corrected chi connectivity index (χ1v) is 7.33. The smallest absolute Gasteiger partial charge is 0.319 e. The highest BCUT2D eigenvalue weighted by molar-refractivity contribution is 5.98. The lowest BCUT2D eigenvalue weighted by atomic mass is 9.79. The van der Waals surface area contributed by atoms with Crippen molar-refractivity contribution >= 4 is 11.9 Å². The highest BCUT2D eigenvalue weighted by Crippen LogP contribution is 2.29. The van der Waals surface area contributed by atoms with Crippen molar-refractivity contribution in [3.05, 3.63) is 0 Å². The number of carbonyl (C=O) groups excluding carboxylic acids is 2. The van der Waals surface area contributed by atoms with Crippen LogP contribution >= 0.6 is 0 Å². The third kappa shape index (κ3) is 4.51. The lowest BCUT2D eigenvalue weighted by Crippen LogP contribution is -2.46. The Kier molecular flexibility index (Phi) is 5.83. The largest absolute Gasteiger partial charge is 0.465 e. The van der Waals surface area contributed by atoms with Crippen LogP contribution in [-0.4, -0.2) is 36.5 Å². The Labute approximate surface area is 116 Å². The zero-order chi connectivity index (χ0) is 14.5. The van der Waals surface area contributed by atoms with Gasteiger partial charge in [-0.05, 0) is 25.2 Å². The maximum Gasteiger partial charge on any atom is 0.319 e. The van der Waals surface area contributed by atoms with Crippen LogP contribution in [0.1, 0.15) is 53.4 Å². The van der Waals surface area contributed by atoms with E-state index in [1.807, 2.05) is 25.7 Å². The van der Waals surface area contributed by atoms with Crippen LogP contribution in [0, 0.1) is 11.3 Å². The van der Waals surface area contributed by atoms with E-state index < -0.39 is 11.3 Å². The molecule has 0 saturated carbocycles. The number of ether oxygens (including phenoxy) is 1. The summed E-state index contributed by atoms with van der Waals surface area (Å²) in [6, 6.07) is 0. The number of rotatable bonds is 3. The van der Waals surface area contributed by atoms with E-state index in [1.54, 1.807) is 6.92 Å². The number of likely N-dealkylation sites (tertiary alicyclic amines) is 1. The van der Waals surface area contributed by atoms with Crippen molar-refractivity contribution in [1.29, 1.82) is 0 Å². The van der Waals surface area contributed by atoms with E-state index in [-0.39, 0.29) is 11.9 Å². The van der Waals surface area contributed by atoms with Crippen LogP contribution in [-0.2, 0) is 14.3 Å². The molecule has 1 amide bonds. The average molecular weight is 269 g/mol. The van der Waals surface area contributed by atoms with Gasteiger partial charge in [-0.15, -0.1) is 0 Å². The predicted molar refractivity (Wildman–Crippen MR) is 74.6 cm³/mol. The van der Waals surface area contributed by atoms with E-state index in [9.17, 15) is 9.59 Å². The Balaban J connectivity index is 2.84. The zero-order valence-corrected chi connectivity index (χ0v) is 12.7. The minimum absolute atomic E-state index is 0.0622. The molecule has 4 nitrogen and oxygen atoms in total. The maximum atomic E-state index is 12.6. The summed E-state index contributed by atoms with van der Waals surface area (Å²) in [6.45, 7) is 9.39. The van der Waals surface area contributed by atoms with Crippen LogP contribution in [0.5, 0.6) is 0 Å². The first-order chi connectivity index (χ1) is 8.88. The summed E-state index contributed by atoms with van der Waals surface area (Å²) >= 11 is 0. The van der Waals surface area contributed by atoms with Crippen LogP contribution in [0.15, 0.2) is 0 Å². The highest BCUT2D eigenvalue weighted by atomic mass is 16.5. The Hall–Kier alpha value is -1.06. The molecule has 1 saturated heterocycles. The van der Waals surface area contributed by atoms with E-state index in [1.165, 1.54) is 12.8 Å². The van der Waals surface area contributed by atoms with Gasteiger partial charge < -0.3 is 9.64 Å². The molecule has 0 radical (unpaired) electrons. The number of esters is 1. The van der Waals surface area contributed by atoms with Gasteiger partial charge in [0.05, 0.1) is 6.61 Å². The molecule has 1 unspecified atom stereocenters. The minimum Gasteiger partial charge on any atom is -0.465 e. The van der Waals surface area contributed by atoms with Gasteiger partial charge in [0.25, 0.3) is 0 Å². The van der Waals surface area contributed by atoms with Gasteiger partial charge >= 0.3 is 5.97 Å². The topological polar surface area (TPSA) is 46.6 Å². The first-order valence-electron chi connectivity index (χ1n) is 7.33. The molecule has 19 heavy (non-hydrogen) atoms. The fraction of sp³-hybridized carbons (Fsp3) is 0.867. The molecule has 0 bridgehead atoms. The van der Waals surface area contributed by atoms with Crippen LogP contribution in [0.2, 0.25) is 0 Å². The highest BCUT2D eigenvalue weighted by Gasteiger charge is 2.41. The molecule has 1 rings (SSSR count). The van der Waals surface area contributed by atoms with Gasteiger partial charge in [0.15, 0.2) is 0 Å². The standard InChI is InChI=1S/C15H27NO3/c1-5-19-14(18)12(15(2,3)4)13(17)16-10-8-6-7-9-11-16/h12H,5-11H2,1-4H3. The lowest BCUT2D eigenvalue weighted by Gasteiger charge is -2.32. The third-order valence-corrected chi connectivity index (χ3v) is 3.55. The normalized spacial score (nSPS) is 18.6. The van der Waals surface area contributed by atoms with Crippen LogP contribution in [0.3, 0.4) is 0 Å². The van der Waals surface area contributed by atoms with Crippen molar-refractivity contribution in [1.82, 2.24) is 4.90 Å². The summed E-state index contributed by atoms with van der Waals surface area (Å²) in [6.07, 6.45) is 4.41. The monoisotopic (exact) mass is 269 g/mol. The molecule has 0 aromatic heterocycles. The van der Waals surface area contributed by atoms with Gasteiger partial charge in [-0.2, -0.15) is 0 Å². The van der Waals surface area contributed by atoms with Crippen LogP contribution in [0.25, 0.3) is 0 Å². The average Bonchev–Trinajstić information content (AvgIpc) is 2.55. The summed E-state index contributed by atoms with van der Waals surface area (Å²) in [5, 5.41) is 0. The second kappa shape index (κ2) is 6.92. The fourth-order valence-corrected chi connectivity index (χ4v) is 2.52. The lowest BCUT2D eigenvalue weighted by molar-refractivity contribution is -0.160. The van der Waals surface area contributed by atoms with Crippen LogP contribution < -0.4 is 0 Å². The molecule has 0 N–H and O–H groups in total. The number of amides is 1. The third-order valence-electron chi connectivity index (χ3n) is 3.55. The number of hydrogen-bond acceptors (Lipinski definition) is 3. The van der Waals surface area contributed by atoms with Crippen molar-refractivity contribution in [3.63, 3.8) is 0 Å². The van der Waals surface area contributed by atoms with Gasteiger partial charge in [-0.1, -0.05) is 33.6 Å². The molecule has 110 valence electrons. The molecule has 1 fully saturated rings. The van der Waals surface area contributed by atoms with E-state index in [0.717, 1.165) is 25.9 Å². The molecule has 1 atom stereocenters. The summed E-state index contributed by atoms with van der Waals surface area (Å²) in [5.74, 6) is -1.14. The van der Waals surface area contributed by atoms with Gasteiger partial charge in [0, 0.05) is 13.1 Å². The Bertz CT molecular complexity index is 312. The maximum absolute atomic E-state index is 12.6. The van der Waals surface area contributed by atoms with Crippen LogP contribution in [0.4, 0.5) is 0 Å².